The van der Waals surface area contributed by atoms with E-state index < -0.39 is 12.0 Å². The maximum Gasteiger partial charge on any atom is 0.338 e. The second kappa shape index (κ2) is 10.2. The van der Waals surface area contributed by atoms with Crippen LogP contribution in [0.2, 0.25) is 0 Å². The number of ether oxygens (including phenoxy) is 4. The van der Waals surface area contributed by atoms with Gasteiger partial charge in [0, 0.05) is 0 Å². The highest BCUT2D eigenvalue weighted by molar-refractivity contribution is 7.07. The number of carbonyl (C=O) groups is 1. The molecule has 35 heavy (non-hydrogen) atoms. The van der Waals surface area contributed by atoms with Crippen molar-refractivity contribution >= 4 is 23.4 Å². The van der Waals surface area contributed by atoms with Crippen LogP contribution in [0, 0.1) is 0 Å². The zero-order valence-corrected chi connectivity index (χ0v) is 21.0. The number of aromatic nitrogens is 1. The van der Waals surface area contributed by atoms with Crippen LogP contribution in [0.15, 0.2) is 63.5 Å². The lowest BCUT2D eigenvalue weighted by atomic mass is 9.96. The van der Waals surface area contributed by atoms with E-state index in [0.717, 1.165) is 11.1 Å². The summed E-state index contributed by atoms with van der Waals surface area (Å²) in [6, 6.07) is 12.1. The van der Waals surface area contributed by atoms with Crippen LogP contribution in [0.5, 0.6) is 17.2 Å². The lowest BCUT2D eigenvalue weighted by Crippen LogP contribution is -2.39. The van der Waals surface area contributed by atoms with Crippen LogP contribution in [0.1, 0.15) is 31.0 Å². The fourth-order valence-corrected chi connectivity index (χ4v) is 5.04. The number of esters is 1. The molecule has 182 valence electrons. The minimum absolute atomic E-state index is 0.253. The minimum atomic E-state index is -0.679. The highest BCUT2D eigenvalue weighted by Gasteiger charge is 2.33. The Bertz CT molecular complexity index is 1470. The van der Waals surface area contributed by atoms with E-state index in [2.05, 4.69) is 4.99 Å². The van der Waals surface area contributed by atoms with Crippen LogP contribution in [0.4, 0.5) is 0 Å². The molecule has 1 atom stereocenters. The molecule has 0 saturated heterocycles. The number of hydrogen-bond donors (Lipinski definition) is 0. The Kier molecular flexibility index (Phi) is 7.07. The van der Waals surface area contributed by atoms with Crippen molar-refractivity contribution in [2.75, 3.05) is 27.9 Å². The third kappa shape index (κ3) is 4.59. The summed E-state index contributed by atoms with van der Waals surface area (Å²) in [5.74, 6) is 1.35. The van der Waals surface area contributed by atoms with Crippen LogP contribution >= 0.6 is 11.3 Å². The molecule has 0 bridgehead atoms. The molecular formula is C26H26N2O6S. The van der Waals surface area contributed by atoms with Crippen molar-refractivity contribution in [1.29, 1.82) is 0 Å². The van der Waals surface area contributed by atoms with Crippen LogP contribution < -0.4 is 29.1 Å². The average molecular weight is 495 g/mol. The first kappa shape index (κ1) is 24.3. The maximum atomic E-state index is 13.6. The van der Waals surface area contributed by atoms with Gasteiger partial charge in [-0.2, -0.15) is 0 Å². The molecule has 0 spiro atoms. The number of methoxy groups -OCH3 is 3. The van der Waals surface area contributed by atoms with Crippen molar-refractivity contribution in [2.24, 2.45) is 4.99 Å². The van der Waals surface area contributed by atoms with Gasteiger partial charge in [0.15, 0.2) is 16.3 Å². The van der Waals surface area contributed by atoms with Crippen molar-refractivity contribution in [3.8, 4) is 17.2 Å². The summed E-state index contributed by atoms with van der Waals surface area (Å²) < 4.78 is 23.4. The van der Waals surface area contributed by atoms with Gasteiger partial charge in [-0.05, 0) is 55.3 Å². The molecule has 1 aliphatic heterocycles. The monoisotopic (exact) mass is 494 g/mol. The molecule has 0 N–H and O–H groups in total. The summed E-state index contributed by atoms with van der Waals surface area (Å²) >= 11 is 1.26. The highest BCUT2D eigenvalue weighted by atomic mass is 32.1. The van der Waals surface area contributed by atoms with Gasteiger partial charge in [0.05, 0.1) is 49.8 Å². The number of benzene rings is 2. The molecule has 2 aromatic carbocycles. The third-order valence-electron chi connectivity index (χ3n) is 5.64. The molecule has 2 heterocycles. The second-order valence-corrected chi connectivity index (χ2v) is 8.70. The Morgan fingerprint density at radius 3 is 2.46 bits per heavy atom. The van der Waals surface area contributed by atoms with Gasteiger partial charge >= 0.3 is 5.97 Å². The lowest BCUT2D eigenvalue weighted by Gasteiger charge is -2.24. The number of hydrogen-bond acceptors (Lipinski definition) is 8. The number of carbonyl (C=O) groups excluding carboxylic acids is 1. The van der Waals surface area contributed by atoms with E-state index in [1.807, 2.05) is 31.2 Å². The van der Waals surface area contributed by atoms with E-state index in [1.54, 1.807) is 50.0 Å². The number of fused-ring (bicyclic) bond motifs is 1. The molecule has 0 saturated carbocycles. The van der Waals surface area contributed by atoms with Crippen molar-refractivity contribution in [3.63, 3.8) is 0 Å². The van der Waals surface area contributed by atoms with Crippen molar-refractivity contribution in [2.45, 2.75) is 19.9 Å². The topological polar surface area (TPSA) is 88.4 Å². The van der Waals surface area contributed by atoms with E-state index >= 15 is 0 Å². The summed E-state index contributed by atoms with van der Waals surface area (Å²) in [7, 11) is 4.48. The van der Waals surface area contributed by atoms with Crippen molar-refractivity contribution in [3.05, 3.63) is 84.5 Å². The molecular weight excluding hydrogens is 468 g/mol. The molecule has 9 heteroatoms. The van der Waals surface area contributed by atoms with Gasteiger partial charge in [-0.15, -0.1) is 0 Å². The fourth-order valence-electron chi connectivity index (χ4n) is 4.00. The summed E-state index contributed by atoms with van der Waals surface area (Å²) in [5.41, 5.74) is 2.10. The first-order chi connectivity index (χ1) is 16.9. The van der Waals surface area contributed by atoms with E-state index in [0.29, 0.717) is 44.5 Å². The molecule has 4 rings (SSSR count). The number of nitrogens with zero attached hydrogens (tertiary/aromatic N) is 2. The summed E-state index contributed by atoms with van der Waals surface area (Å²) in [5, 5.41) is 0. The Morgan fingerprint density at radius 2 is 1.83 bits per heavy atom. The Morgan fingerprint density at radius 1 is 1.09 bits per heavy atom. The SMILES string of the molecule is CCOc1cc(/C=c2/sc3n(c2=O)[C@H](c2ccc(OC)cc2)C(C(=O)OC)=C(C)N=3)ccc1OC. The molecule has 1 aromatic heterocycles. The van der Waals surface area contributed by atoms with E-state index in [4.69, 9.17) is 18.9 Å². The van der Waals surface area contributed by atoms with Gasteiger partial charge in [0.25, 0.3) is 5.56 Å². The summed E-state index contributed by atoms with van der Waals surface area (Å²) in [6.45, 7) is 4.13. The molecule has 1 aliphatic rings. The lowest BCUT2D eigenvalue weighted by molar-refractivity contribution is -0.136. The minimum Gasteiger partial charge on any atom is -0.497 e. The fraction of sp³-hybridized carbons (Fsp3) is 0.269. The maximum absolute atomic E-state index is 13.6. The number of allylic oxidation sites excluding steroid dienone is 1. The standard InChI is InChI=1S/C26H26N2O6S/c1-6-34-20-13-16(7-12-19(20)32-4)14-21-24(29)28-23(17-8-10-18(31-3)11-9-17)22(25(30)33-5)15(2)27-26(28)35-21/h7-14,23H,6H2,1-5H3/b21-14+/t23-/m1/s1. The van der Waals surface area contributed by atoms with E-state index in [1.165, 1.54) is 18.4 Å². The van der Waals surface area contributed by atoms with Crippen LogP contribution in [-0.2, 0) is 9.53 Å². The molecule has 3 aromatic rings. The van der Waals surface area contributed by atoms with Crippen LogP contribution in [-0.4, -0.2) is 38.5 Å². The summed E-state index contributed by atoms with van der Waals surface area (Å²) in [4.78, 5) is 31.5. The predicted octanol–water partition coefficient (Wildman–Crippen LogP) is 2.82. The van der Waals surface area contributed by atoms with Crippen molar-refractivity contribution < 1.29 is 23.7 Å². The summed E-state index contributed by atoms with van der Waals surface area (Å²) in [6.07, 6.45) is 1.79. The van der Waals surface area contributed by atoms with E-state index in [-0.39, 0.29) is 5.56 Å². The molecule has 0 unspecified atom stereocenters. The Labute approximate surface area is 206 Å². The number of rotatable bonds is 7. The highest BCUT2D eigenvalue weighted by Crippen LogP contribution is 2.32. The van der Waals surface area contributed by atoms with Gasteiger partial charge in [-0.3, -0.25) is 9.36 Å². The molecule has 0 radical (unpaired) electrons. The average Bonchev–Trinajstić information content (AvgIpc) is 3.17. The first-order valence-electron chi connectivity index (χ1n) is 11.0. The quantitative estimate of drug-likeness (QED) is 0.470. The van der Waals surface area contributed by atoms with Gasteiger partial charge < -0.3 is 18.9 Å². The zero-order chi connectivity index (χ0) is 25.1. The third-order valence-corrected chi connectivity index (χ3v) is 6.63. The molecule has 0 fully saturated rings. The number of thiazole rings is 1. The molecule has 8 nitrogen and oxygen atoms in total. The second-order valence-electron chi connectivity index (χ2n) is 7.69. The smallest absolute Gasteiger partial charge is 0.338 e. The Hall–Kier alpha value is -3.85. The Balaban J connectivity index is 1.91. The molecule has 0 aliphatic carbocycles. The van der Waals surface area contributed by atoms with Gasteiger partial charge in [0.2, 0.25) is 0 Å². The predicted molar refractivity (Wildman–Crippen MR) is 133 cm³/mol. The van der Waals surface area contributed by atoms with Gasteiger partial charge in [0.1, 0.15) is 5.75 Å². The normalized spacial score (nSPS) is 15.3. The zero-order valence-electron chi connectivity index (χ0n) is 20.2. The van der Waals surface area contributed by atoms with Gasteiger partial charge in [-0.25, -0.2) is 9.79 Å². The van der Waals surface area contributed by atoms with Crippen molar-refractivity contribution in [1.82, 2.24) is 4.57 Å². The van der Waals surface area contributed by atoms with Gasteiger partial charge in [-0.1, -0.05) is 29.5 Å². The largest absolute Gasteiger partial charge is 0.497 e. The van der Waals surface area contributed by atoms with E-state index in [9.17, 15) is 9.59 Å². The van der Waals surface area contributed by atoms with Crippen LogP contribution in [0.25, 0.3) is 6.08 Å². The van der Waals surface area contributed by atoms with Crippen LogP contribution in [0.3, 0.4) is 0 Å². The first-order valence-corrected chi connectivity index (χ1v) is 11.8. The molecule has 0 amide bonds.